The lowest BCUT2D eigenvalue weighted by Crippen LogP contribution is -2.12. The molecule has 0 unspecified atom stereocenters. The van der Waals surface area contributed by atoms with Crippen molar-refractivity contribution < 1.29 is 9.90 Å². The molecule has 0 aliphatic rings. The second kappa shape index (κ2) is 6.28. The largest absolute Gasteiger partial charge is 0.506 e. The van der Waals surface area contributed by atoms with Crippen LogP contribution in [0.3, 0.4) is 0 Å². The standard InChI is InChI=1S/C17H10Cl3NO2/c18-13-6-5-9(7-15(13)20)21-17(23)12-8-14(19)10-3-1-2-4-11(10)16(12)22/h1-8,22H,(H,21,23). The molecule has 3 rings (SSSR count). The van der Waals surface area contributed by atoms with Gasteiger partial charge in [-0.25, -0.2) is 0 Å². The Morgan fingerprint density at radius 3 is 2.26 bits per heavy atom. The van der Waals surface area contributed by atoms with Crippen molar-refractivity contribution in [2.75, 3.05) is 5.32 Å². The number of phenolic OH excluding ortho intramolecular Hbond substituents is 1. The number of carbonyl (C=O) groups is 1. The highest BCUT2D eigenvalue weighted by atomic mass is 35.5. The topological polar surface area (TPSA) is 49.3 Å². The lowest BCUT2D eigenvalue weighted by molar-refractivity contribution is 0.102. The summed E-state index contributed by atoms with van der Waals surface area (Å²) in [6, 6.07) is 13.2. The smallest absolute Gasteiger partial charge is 0.259 e. The molecule has 0 heterocycles. The first-order valence-corrected chi connectivity index (χ1v) is 7.77. The Kier molecular flexibility index (Phi) is 4.35. The van der Waals surface area contributed by atoms with Gasteiger partial charge in [-0.1, -0.05) is 59.1 Å². The highest BCUT2D eigenvalue weighted by molar-refractivity contribution is 6.42. The minimum absolute atomic E-state index is 0.0831. The average molecular weight is 367 g/mol. The summed E-state index contributed by atoms with van der Waals surface area (Å²) in [5.74, 6) is -0.615. The molecule has 116 valence electrons. The zero-order chi connectivity index (χ0) is 16.6. The van der Waals surface area contributed by atoms with Gasteiger partial charge in [-0.15, -0.1) is 0 Å². The first-order valence-electron chi connectivity index (χ1n) is 6.64. The molecule has 0 saturated carbocycles. The Bertz CT molecular complexity index is 925. The van der Waals surface area contributed by atoms with Crippen LogP contribution in [0.15, 0.2) is 48.5 Å². The van der Waals surface area contributed by atoms with Gasteiger partial charge in [0, 0.05) is 21.5 Å². The first-order chi connectivity index (χ1) is 11.0. The van der Waals surface area contributed by atoms with Crippen LogP contribution in [0.2, 0.25) is 15.1 Å². The summed E-state index contributed by atoms with van der Waals surface area (Å²) < 4.78 is 0. The molecule has 1 amide bonds. The summed E-state index contributed by atoms with van der Waals surface area (Å²) in [5.41, 5.74) is 0.549. The molecule has 0 spiro atoms. The van der Waals surface area contributed by atoms with Crippen LogP contribution in [0.25, 0.3) is 10.8 Å². The van der Waals surface area contributed by atoms with E-state index in [1.54, 1.807) is 30.3 Å². The Morgan fingerprint density at radius 2 is 1.57 bits per heavy atom. The molecule has 0 saturated heterocycles. The Morgan fingerprint density at radius 1 is 0.870 bits per heavy atom. The zero-order valence-electron chi connectivity index (χ0n) is 11.6. The van der Waals surface area contributed by atoms with Gasteiger partial charge >= 0.3 is 0 Å². The highest BCUT2D eigenvalue weighted by Gasteiger charge is 2.16. The average Bonchev–Trinajstić information content (AvgIpc) is 2.54. The van der Waals surface area contributed by atoms with Crippen molar-refractivity contribution in [2.45, 2.75) is 0 Å². The van der Waals surface area contributed by atoms with Crippen LogP contribution in [0.5, 0.6) is 5.75 Å². The number of aromatic hydroxyl groups is 1. The van der Waals surface area contributed by atoms with Crippen molar-refractivity contribution in [1.82, 2.24) is 0 Å². The fourth-order valence-electron chi connectivity index (χ4n) is 2.26. The number of benzene rings is 3. The van der Waals surface area contributed by atoms with Crippen LogP contribution in [-0.4, -0.2) is 11.0 Å². The molecule has 3 aromatic rings. The number of halogens is 3. The van der Waals surface area contributed by atoms with E-state index in [9.17, 15) is 9.90 Å². The van der Waals surface area contributed by atoms with Gasteiger partial charge in [-0.05, 0) is 24.3 Å². The van der Waals surface area contributed by atoms with Crippen molar-refractivity contribution in [3.8, 4) is 5.75 Å². The van der Waals surface area contributed by atoms with E-state index >= 15 is 0 Å². The van der Waals surface area contributed by atoms with Gasteiger partial charge in [0.2, 0.25) is 0 Å². The molecule has 0 fully saturated rings. The highest BCUT2D eigenvalue weighted by Crippen LogP contribution is 2.35. The predicted molar refractivity (Wildman–Crippen MR) is 95.0 cm³/mol. The number of phenols is 1. The van der Waals surface area contributed by atoms with Crippen LogP contribution >= 0.6 is 34.8 Å². The maximum Gasteiger partial charge on any atom is 0.259 e. The lowest BCUT2D eigenvalue weighted by atomic mass is 10.0. The summed E-state index contributed by atoms with van der Waals surface area (Å²) in [5, 5.41) is 15.3. The van der Waals surface area contributed by atoms with E-state index in [0.717, 1.165) is 0 Å². The second-order valence-electron chi connectivity index (χ2n) is 4.88. The van der Waals surface area contributed by atoms with Gasteiger partial charge in [0.25, 0.3) is 5.91 Å². The maximum atomic E-state index is 12.4. The molecule has 0 aromatic heterocycles. The van der Waals surface area contributed by atoms with E-state index in [-0.39, 0.29) is 11.3 Å². The number of nitrogens with one attached hydrogen (secondary N) is 1. The van der Waals surface area contributed by atoms with Crippen molar-refractivity contribution >= 4 is 57.2 Å². The van der Waals surface area contributed by atoms with Crippen molar-refractivity contribution in [3.63, 3.8) is 0 Å². The maximum absolute atomic E-state index is 12.4. The first kappa shape index (κ1) is 15.9. The molecule has 6 heteroatoms. The molecule has 2 N–H and O–H groups in total. The molecule has 0 atom stereocenters. The van der Waals surface area contributed by atoms with Crippen LogP contribution in [0.4, 0.5) is 5.69 Å². The van der Waals surface area contributed by atoms with E-state index in [2.05, 4.69) is 5.32 Å². The Hall–Kier alpha value is -1.94. The SMILES string of the molecule is O=C(Nc1ccc(Cl)c(Cl)c1)c1cc(Cl)c2ccccc2c1O. The van der Waals surface area contributed by atoms with Gasteiger partial charge in [0.15, 0.2) is 0 Å². The molecule has 0 bridgehead atoms. The van der Waals surface area contributed by atoms with E-state index in [0.29, 0.717) is 31.5 Å². The summed E-state index contributed by atoms with van der Waals surface area (Å²) in [4.78, 5) is 12.4. The quantitative estimate of drug-likeness (QED) is 0.606. The summed E-state index contributed by atoms with van der Waals surface area (Å²) in [6.45, 7) is 0. The lowest BCUT2D eigenvalue weighted by Gasteiger charge is -2.11. The molecule has 3 aromatic carbocycles. The minimum atomic E-state index is -0.492. The summed E-state index contributed by atoms with van der Waals surface area (Å²) in [7, 11) is 0. The fourth-order valence-corrected chi connectivity index (χ4v) is 2.83. The number of hydrogen-bond acceptors (Lipinski definition) is 2. The number of carbonyl (C=O) groups excluding carboxylic acids is 1. The van der Waals surface area contributed by atoms with Gasteiger partial charge in [-0.3, -0.25) is 4.79 Å². The van der Waals surface area contributed by atoms with Crippen molar-refractivity contribution in [2.24, 2.45) is 0 Å². The van der Waals surface area contributed by atoms with E-state index in [1.807, 2.05) is 6.07 Å². The molecular weight excluding hydrogens is 357 g/mol. The summed E-state index contributed by atoms with van der Waals surface area (Å²) in [6.07, 6.45) is 0. The van der Waals surface area contributed by atoms with Gasteiger partial charge < -0.3 is 10.4 Å². The molecule has 0 aliphatic heterocycles. The van der Waals surface area contributed by atoms with Crippen molar-refractivity contribution in [1.29, 1.82) is 0 Å². The third kappa shape index (κ3) is 3.08. The second-order valence-corrected chi connectivity index (χ2v) is 6.10. The molecular formula is C17H10Cl3NO2. The van der Waals surface area contributed by atoms with Crippen LogP contribution < -0.4 is 5.32 Å². The fraction of sp³-hybridized carbons (Fsp3) is 0. The zero-order valence-corrected chi connectivity index (χ0v) is 13.9. The molecule has 3 nitrogen and oxygen atoms in total. The van der Waals surface area contributed by atoms with Crippen molar-refractivity contribution in [3.05, 3.63) is 69.2 Å². The third-order valence-electron chi connectivity index (χ3n) is 3.39. The predicted octanol–water partition coefficient (Wildman–Crippen LogP) is 5.76. The Balaban J connectivity index is 2.01. The normalized spacial score (nSPS) is 10.7. The number of fused-ring (bicyclic) bond motifs is 1. The number of anilines is 1. The van der Waals surface area contributed by atoms with Gasteiger partial charge in [0.05, 0.1) is 15.6 Å². The number of rotatable bonds is 2. The van der Waals surface area contributed by atoms with E-state index in [1.165, 1.54) is 12.1 Å². The van der Waals surface area contributed by atoms with Crippen LogP contribution in [0.1, 0.15) is 10.4 Å². The molecule has 0 radical (unpaired) electrons. The van der Waals surface area contributed by atoms with E-state index in [4.69, 9.17) is 34.8 Å². The van der Waals surface area contributed by atoms with Gasteiger partial charge in [-0.2, -0.15) is 0 Å². The minimum Gasteiger partial charge on any atom is -0.506 e. The summed E-state index contributed by atoms with van der Waals surface area (Å²) >= 11 is 18.0. The Labute approximate surface area is 147 Å². The molecule has 0 aliphatic carbocycles. The van der Waals surface area contributed by atoms with E-state index < -0.39 is 5.91 Å². The van der Waals surface area contributed by atoms with Crippen LogP contribution in [-0.2, 0) is 0 Å². The number of hydrogen-bond donors (Lipinski definition) is 2. The third-order valence-corrected chi connectivity index (χ3v) is 4.44. The molecule has 23 heavy (non-hydrogen) atoms. The number of amides is 1. The monoisotopic (exact) mass is 365 g/mol. The van der Waals surface area contributed by atoms with Gasteiger partial charge in [0.1, 0.15) is 5.75 Å². The van der Waals surface area contributed by atoms with Crippen LogP contribution in [0, 0.1) is 0 Å².